The molecule has 0 unspecified atom stereocenters. The van der Waals surface area contributed by atoms with Crippen LogP contribution in [0.25, 0.3) is 0 Å². The molecule has 1 N–H and O–H groups in total. The van der Waals surface area contributed by atoms with Crippen molar-refractivity contribution in [3.05, 3.63) is 29.8 Å². The molecule has 0 aromatic heterocycles. The summed E-state index contributed by atoms with van der Waals surface area (Å²) < 4.78 is 0. The van der Waals surface area contributed by atoms with Crippen LogP contribution in [0.15, 0.2) is 24.3 Å². The molecule has 3 aliphatic heterocycles. The van der Waals surface area contributed by atoms with Crippen molar-refractivity contribution in [1.29, 1.82) is 0 Å². The first-order valence-corrected chi connectivity index (χ1v) is 9.32. The van der Waals surface area contributed by atoms with E-state index >= 15 is 0 Å². The summed E-state index contributed by atoms with van der Waals surface area (Å²) in [5.74, 6) is 0.614. The molecule has 25 heavy (non-hydrogen) atoms. The number of nitrogens with zero attached hydrogens (tertiary/aromatic N) is 3. The summed E-state index contributed by atoms with van der Waals surface area (Å²) in [5, 5.41) is 3.15. The van der Waals surface area contributed by atoms with Crippen LogP contribution in [0.2, 0.25) is 0 Å². The third kappa shape index (κ3) is 3.41. The highest BCUT2D eigenvalue weighted by atomic mass is 16.2. The summed E-state index contributed by atoms with van der Waals surface area (Å²) in [4.78, 5) is 31.2. The lowest BCUT2D eigenvalue weighted by Crippen LogP contribution is -2.57. The average Bonchev–Trinajstić information content (AvgIpc) is 2.60. The lowest BCUT2D eigenvalue weighted by molar-refractivity contribution is -0.139. The van der Waals surface area contributed by atoms with E-state index in [2.05, 4.69) is 22.3 Å². The lowest BCUT2D eigenvalue weighted by atomic mass is 10.0. The number of piperazine rings is 1. The van der Waals surface area contributed by atoms with Gasteiger partial charge in [-0.3, -0.25) is 14.5 Å². The molecule has 0 aliphatic carbocycles. The van der Waals surface area contributed by atoms with Gasteiger partial charge in [-0.05, 0) is 24.5 Å². The molecular weight excluding hydrogens is 316 g/mol. The molecule has 2 fully saturated rings. The van der Waals surface area contributed by atoms with Crippen LogP contribution in [0.4, 0.5) is 5.69 Å². The van der Waals surface area contributed by atoms with Gasteiger partial charge in [0.05, 0.1) is 12.5 Å². The quantitative estimate of drug-likeness (QED) is 0.860. The van der Waals surface area contributed by atoms with Crippen molar-refractivity contribution in [2.75, 3.05) is 57.3 Å². The van der Waals surface area contributed by atoms with Crippen molar-refractivity contribution in [3.63, 3.8) is 0 Å². The Bertz CT molecular complexity index is 651. The van der Waals surface area contributed by atoms with Gasteiger partial charge in [0.15, 0.2) is 0 Å². The molecule has 6 heteroatoms. The molecule has 3 aliphatic rings. The number of para-hydroxylation sites is 1. The molecule has 3 heterocycles. The Balaban J connectivity index is 1.31. The molecule has 2 saturated heterocycles. The van der Waals surface area contributed by atoms with Crippen LogP contribution in [0, 0.1) is 5.92 Å². The lowest BCUT2D eigenvalue weighted by Gasteiger charge is -2.39. The van der Waals surface area contributed by atoms with Gasteiger partial charge in [-0.15, -0.1) is 0 Å². The number of aryl methyl sites for hydroxylation is 1. The van der Waals surface area contributed by atoms with Gasteiger partial charge < -0.3 is 15.1 Å². The molecule has 4 rings (SSSR count). The highest BCUT2D eigenvalue weighted by Crippen LogP contribution is 2.26. The smallest absolute Gasteiger partial charge is 0.241 e. The van der Waals surface area contributed by atoms with Crippen LogP contribution < -0.4 is 10.2 Å². The van der Waals surface area contributed by atoms with Gasteiger partial charge in [0.1, 0.15) is 0 Å². The van der Waals surface area contributed by atoms with Crippen molar-refractivity contribution in [2.24, 2.45) is 5.92 Å². The van der Waals surface area contributed by atoms with Gasteiger partial charge >= 0.3 is 0 Å². The fourth-order valence-electron chi connectivity index (χ4n) is 3.92. The fraction of sp³-hybridized carbons (Fsp3) is 0.579. The van der Waals surface area contributed by atoms with E-state index in [1.54, 1.807) is 0 Å². The summed E-state index contributed by atoms with van der Waals surface area (Å²) in [6.45, 7) is 5.92. The maximum Gasteiger partial charge on any atom is 0.241 e. The van der Waals surface area contributed by atoms with Gasteiger partial charge in [0, 0.05) is 51.5 Å². The molecule has 0 atom stereocenters. The normalized spacial score (nSPS) is 21.6. The van der Waals surface area contributed by atoms with E-state index in [1.807, 2.05) is 21.9 Å². The van der Waals surface area contributed by atoms with E-state index in [1.165, 1.54) is 5.56 Å². The summed E-state index contributed by atoms with van der Waals surface area (Å²) in [6.07, 6.45) is 2.08. The van der Waals surface area contributed by atoms with E-state index in [4.69, 9.17) is 0 Å². The molecule has 1 aromatic carbocycles. The van der Waals surface area contributed by atoms with Crippen molar-refractivity contribution >= 4 is 17.5 Å². The Morgan fingerprint density at radius 3 is 2.52 bits per heavy atom. The van der Waals surface area contributed by atoms with Crippen LogP contribution in [0.3, 0.4) is 0 Å². The van der Waals surface area contributed by atoms with E-state index < -0.39 is 0 Å². The van der Waals surface area contributed by atoms with Gasteiger partial charge in [0.25, 0.3) is 0 Å². The van der Waals surface area contributed by atoms with E-state index in [-0.39, 0.29) is 17.7 Å². The standard InChI is InChI=1S/C19H26N4O2/c24-18(23-7-3-5-15-4-1-2-6-17(15)23)14-21-8-10-22(11-9-21)19(25)16-12-20-13-16/h1-2,4,6,16,20H,3,5,7-14H2. The van der Waals surface area contributed by atoms with E-state index in [0.29, 0.717) is 6.54 Å². The van der Waals surface area contributed by atoms with E-state index in [9.17, 15) is 9.59 Å². The second-order valence-electron chi connectivity index (χ2n) is 7.23. The number of hydrogen-bond acceptors (Lipinski definition) is 4. The third-order valence-corrected chi connectivity index (χ3v) is 5.58. The average molecular weight is 342 g/mol. The molecule has 0 bridgehead atoms. The molecule has 0 spiro atoms. The zero-order valence-corrected chi connectivity index (χ0v) is 14.6. The van der Waals surface area contributed by atoms with E-state index in [0.717, 1.165) is 64.3 Å². The molecule has 1 aromatic rings. The monoisotopic (exact) mass is 342 g/mol. The first kappa shape index (κ1) is 16.5. The molecular formula is C19H26N4O2. The molecule has 0 saturated carbocycles. The minimum Gasteiger partial charge on any atom is -0.340 e. The van der Waals surface area contributed by atoms with Crippen molar-refractivity contribution < 1.29 is 9.59 Å². The number of nitrogens with one attached hydrogen (secondary N) is 1. The van der Waals surface area contributed by atoms with Crippen LogP contribution in [0.1, 0.15) is 12.0 Å². The third-order valence-electron chi connectivity index (χ3n) is 5.58. The number of fused-ring (bicyclic) bond motifs is 1. The Kier molecular flexibility index (Phi) is 4.72. The van der Waals surface area contributed by atoms with Crippen LogP contribution in [-0.4, -0.2) is 74.0 Å². The summed E-state index contributed by atoms with van der Waals surface area (Å²) in [6, 6.07) is 8.22. The number of carbonyl (C=O) groups is 2. The van der Waals surface area contributed by atoms with Crippen LogP contribution in [0.5, 0.6) is 0 Å². The second-order valence-corrected chi connectivity index (χ2v) is 7.23. The minimum absolute atomic E-state index is 0.165. The second kappa shape index (κ2) is 7.14. The number of rotatable bonds is 3. The molecule has 0 radical (unpaired) electrons. The van der Waals surface area contributed by atoms with Crippen molar-refractivity contribution in [2.45, 2.75) is 12.8 Å². The Hall–Kier alpha value is -1.92. The predicted octanol–water partition coefficient (Wildman–Crippen LogP) is 0.329. The Morgan fingerprint density at radius 1 is 1.04 bits per heavy atom. The molecule has 2 amide bonds. The number of hydrogen-bond donors (Lipinski definition) is 1. The maximum atomic E-state index is 12.8. The first-order valence-electron chi connectivity index (χ1n) is 9.32. The molecule has 134 valence electrons. The number of amides is 2. The summed E-state index contributed by atoms with van der Waals surface area (Å²) in [5.41, 5.74) is 2.34. The Labute approximate surface area is 148 Å². The topological polar surface area (TPSA) is 55.9 Å². The summed E-state index contributed by atoms with van der Waals surface area (Å²) >= 11 is 0. The van der Waals surface area contributed by atoms with Gasteiger partial charge in [-0.1, -0.05) is 18.2 Å². The number of carbonyl (C=O) groups excluding carboxylic acids is 2. The number of benzene rings is 1. The van der Waals surface area contributed by atoms with Crippen molar-refractivity contribution in [1.82, 2.24) is 15.1 Å². The first-order chi connectivity index (χ1) is 12.2. The molecule has 6 nitrogen and oxygen atoms in total. The zero-order valence-electron chi connectivity index (χ0n) is 14.6. The largest absolute Gasteiger partial charge is 0.340 e. The van der Waals surface area contributed by atoms with Crippen LogP contribution >= 0.6 is 0 Å². The number of anilines is 1. The van der Waals surface area contributed by atoms with Crippen molar-refractivity contribution in [3.8, 4) is 0 Å². The minimum atomic E-state index is 0.165. The summed E-state index contributed by atoms with van der Waals surface area (Å²) in [7, 11) is 0. The van der Waals surface area contributed by atoms with Gasteiger partial charge in [-0.2, -0.15) is 0 Å². The van der Waals surface area contributed by atoms with Crippen LogP contribution in [-0.2, 0) is 16.0 Å². The highest BCUT2D eigenvalue weighted by Gasteiger charge is 2.32. The SMILES string of the molecule is O=C(C1CNC1)N1CCN(CC(=O)N2CCCc3ccccc32)CC1. The van der Waals surface area contributed by atoms with Gasteiger partial charge in [0.2, 0.25) is 11.8 Å². The fourth-order valence-corrected chi connectivity index (χ4v) is 3.92. The Morgan fingerprint density at radius 2 is 1.80 bits per heavy atom. The predicted molar refractivity (Wildman–Crippen MR) is 96.5 cm³/mol. The zero-order chi connectivity index (χ0) is 17.2. The highest BCUT2D eigenvalue weighted by molar-refractivity contribution is 5.96. The van der Waals surface area contributed by atoms with Gasteiger partial charge in [-0.25, -0.2) is 0 Å². The maximum absolute atomic E-state index is 12.8.